The van der Waals surface area contributed by atoms with Crippen LogP contribution in [-0.4, -0.2) is 17.5 Å². The summed E-state index contributed by atoms with van der Waals surface area (Å²) < 4.78 is 0. The summed E-state index contributed by atoms with van der Waals surface area (Å²) in [4.78, 5) is 11.9. The maximum Gasteiger partial charge on any atom is 0.155 e. The highest BCUT2D eigenvalue weighted by atomic mass is 16.3. The van der Waals surface area contributed by atoms with E-state index in [0.29, 0.717) is 35.6 Å². The fourth-order valence-electron chi connectivity index (χ4n) is 6.96. The van der Waals surface area contributed by atoms with Crippen LogP contribution in [0.4, 0.5) is 0 Å². The minimum atomic E-state index is 0.152. The summed E-state index contributed by atoms with van der Waals surface area (Å²) in [6.45, 7) is 7.44. The highest BCUT2D eigenvalue weighted by Gasteiger charge is 2.56. The average Bonchev–Trinajstić information content (AvgIpc) is 2.92. The molecular weight excluding hydrogens is 296 g/mol. The van der Waals surface area contributed by atoms with Crippen LogP contribution in [0.3, 0.4) is 0 Å². The molecule has 6 atom stereocenters. The number of carbonyl (C=O) groups excluding carboxylic acids is 1. The second-order valence-electron chi connectivity index (χ2n) is 9.43. The summed E-state index contributed by atoms with van der Waals surface area (Å²) in [5.41, 5.74) is 3.58. The van der Waals surface area contributed by atoms with E-state index in [0.717, 1.165) is 31.6 Å². The van der Waals surface area contributed by atoms with Crippen LogP contribution in [0.25, 0.3) is 0 Å². The van der Waals surface area contributed by atoms with Crippen LogP contribution in [0.5, 0.6) is 0 Å². The number of rotatable bonds is 2. The van der Waals surface area contributed by atoms with Gasteiger partial charge < -0.3 is 5.11 Å². The fraction of sp³-hybridized carbons (Fsp3) is 0.773. The van der Waals surface area contributed by atoms with E-state index < -0.39 is 0 Å². The number of carbonyl (C=O) groups is 1. The van der Waals surface area contributed by atoms with Gasteiger partial charge in [0.15, 0.2) is 5.78 Å². The first-order valence-electron chi connectivity index (χ1n) is 9.95. The van der Waals surface area contributed by atoms with E-state index in [-0.39, 0.29) is 5.41 Å². The third-order valence-corrected chi connectivity index (χ3v) is 8.38. The van der Waals surface area contributed by atoms with Gasteiger partial charge in [-0.05, 0) is 73.7 Å². The summed E-state index contributed by atoms with van der Waals surface area (Å²) in [7, 11) is 0. The largest absolute Gasteiger partial charge is 0.396 e. The lowest BCUT2D eigenvalue weighted by Crippen LogP contribution is -2.45. The zero-order valence-electron chi connectivity index (χ0n) is 15.5. The lowest BCUT2D eigenvalue weighted by atomic mass is 9.50. The number of hydrogen-bond acceptors (Lipinski definition) is 2. The molecule has 0 heterocycles. The number of ketones is 1. The molecule has 0 aromatic heterocycles. The maximum atomic E-state index is 11.9. The van der Waals surface area contributed by atoms with Crippen molar-refractivity contribution in [1.82, 2.24) is 0 Å². The molecule has 4 aliphatic rings. The first kappa shape index (κ1) is 16.6. The van der Waals surface area contributed by atoms with Crippen molar-refractivity contribution in [1.29, 1.82) is 0 Å². The van der Waals surface area contributed by atoms with E-state index in [1.165, 1.54) is 24.8 Å². The molecule has 24 heavy (non-hydrogen) atoms. The number of allylic oxidation sites excluding steroid dienone is 4. The Morgan fingerprint density at radius 2 is 2.04 bits per heavy atom. The first-order chi connectivity index (χ1) is 11.4. The molecule has 4 aliphatic carbocycles. The molecule has 0 bridgehead atoms. The van der Waals surface area contributed by atoms with Crippen molar-refractivity contribution in [2.24, 2.45) is 34.5 Å². The van der Waals surface area contributed by atoms with Crippen LogP contribution in [-0.2, 0) is 4.79 Å². The van der Waals surface area contributed by atoms with E-state index in [9.17, 15) is 9.90 Å². The molecule has 4 rings (SSSR count). The number of aliphatic hydroxyl groups is 1. The predicted molar refractivity (Wildman–Crippen MR) is 96.4 cm³/mol. The Kier molecular flexibility index (Phi) is 3.84. The summed E-state index contributed by atoms with van der Waals surface area (Å²) >= 11 is 0. The van der Waals surface area contributed by atoms with Gasteiger partial charge in [0.05, 0.1) is 0 Å². The highest BCUT2D eigenvalue weighted by Crippen LogP contribution is 2.65. The molecule has 2 heteroatoms. The summed E-state index contributed by atoms with van der Waals surface area (Å²) in [5.74, 6) is 2.88. The molecule has 0 aromatic carbocycles. The zero-order valence-corrected chi connectivity index (χ0v) is 15.5. The van der Waals surface area contributed by atoms with Gasteiger partial charge in [0.2, 0.25) is 0 Å². The molecule has 0 saturated heterocycles. The second kappa shape index (κ2) is 5.56. The van der Waals surface area contributed by atoms with Crippen LogP contribution in [0.15, 0.2) is 23.3 Å². The van der Waals surface area contributed by atoms with Gasteiger partial charge in [-0.2, -0.15) is 0 Å². The monoisotopic (exact) mass is 328 g/mol. The molecule has 132 valence electrons. The molecule has 0 amide bonds. The van der Waals surface area contributed by atoms with Gasteiger partial charge in [0.1, 0.15) is 0 Å². The van der Waals surface area contributed by atoms with Gasteiger partial charge in [-0.25, -0.2) is 0 Å². The molecule has 2 saturated carbocycles. The van der Waals surface area contributed by atoms with E-state index >= 15 is 0 Å². The molecule has 0 aromatic rings. The van der Waals surface area contributed by atoms with Crippen LogP contribution in [0.1, 0.15) is 65.7 Å². The topological polar surface area (TPSA) is 37.3 Å². The lowest BCUT2D eigenvalue weighted by molar-refractivity contribution is -0.115. The van der Waals surface area contributed by atoms with E-state index in [1.807, 2.05) is 6.08 Å². The van der Waals surface area contributed by atoms with Crippen molar-refractivity contribution in [3.05, 3.63) is 23.3 Å². The normalized spacial score (nSPS) is 45.7. The third kappa shape index (κ3) is 2.14. The Morgan fingerprint density at radius 1 is 1.25 bits per heavy atom. The van der Waals surface area contributed by atoms with Gasteiger partial charge >= 0.3 is 0 Å². The molecule has 0 spiro atoms. The predicted octanol–water partition coefficient (Wildman–Crippen LogP) is 4.68. The van der Waals surface area contributed by atoms with Gasteiger partial charge in [-0.3, -0.25) is 4.79 Å². The number of hydrogen-bond donors (Lipinski definition) is 1. The minimum Gasteiger partial charge on any atom is -0.396 e. The van der Waals surface area contributed by atoms with Crippen molar-refractivity contribution in [3.8, 4) is 0 Å². The Morgan fingerprint density at radius 3 is 2.79 bits per heavy atom. The summed E-state index contributed by atoms with van der Waals surface area (Å²) in [5, 5.41) is 9.70. The van der Waals surface area contributed by atoms with E-state index in [2.05, 4.69) is 26.8 Å². The molecule has 0 radical (unpaired) electrons. The van der Waals surface area contributed by atoms with Gasteiger partial charge in [0, 0.05) is 18.4 Å². The highest BCUT2D eigenvalue weighted by molar-refractivity contribution is 5.92. The van der Waals surface area contributed by atoms with Crippen molar-refractivity contribution >= 4 is 5.78 Å². The Hall–Kier alpha value is -0.890. The molecular formula is C22H32O2. The molecule has 2 nitrogen and oxygen atoms in total. The minimum absolute atomic E-state index is 0.152. The third-order valence-electron chi connectivity index (χ3n) is 8.38. The first-order valence-corrected chi connectivity index (χ1v) is 9.95. The summed E-state index contributed by atoms with van der Waals surface area (Å²) in [6.07, 6.45) is 12.4. The van der Waals surface area contributed by atoms with Crippen molar-refractivity contribution in [3.63, 3.8) is 0 Å². The molecule has 2 fully saturated rings. The molecule has 1 N–H and O–H groups in total. The number of aliphatic hydroxyl groups excluding tert-OH is 1. The summed E-state index contributed by atoms with van der Waals surface area (Å²) in [6, 6.07) is 0. The van der Waals surface area contributed by atoms with E-state index in [4.69, 9.17) is 0 Å². The number of fused-ring (bicyclic) bond motifs is 5. The van der Waals surface area contributed by atoms with Crippen molar-refractivity contribution in [2.75, 3.05) is 6.61 Å². The van der Waals surface area contributed by atoms with Crippen molar-refractivity contribution in [2.45, 2.75) is 65.7 Å². The molecule has 0 unspecified atom stereocenters. The van der Waals surface area contributed by atoms with Gasteiger partial charge in [-0.1, -0.05) is 38.0 Å². The van der Waals surface area contributed by atoms with Gasteiger partial charge in [-0.15, -0.1) is 0 Å². The molecule has 0 aliphatic heterocycles. The maximum absolute atomic E-state index is 11.9. The Bertz CT molecular complexity index is 615. The van der Waals surface area contributed by atoms with Crippen molar-refractivity contribution < 1.29 is 9.90 Å². The van der Waals surface area contributed by atoms with E-state index in [1.54, 1.807) is 5.57 Å². The SMILES string of the molecule is C[C@H](CO)[C@H]1CC[C@H]2[C@@H]3CCC4=CC(=O)CC[C@]4(C)C3=CC[C@]12C. The van der Waals surface area contributed by atoms with Crippen LogP contribution in [0.2, 0.25) is 0 Å². The Balaban J connectivity index is 1.70. The standard InChI is InChI=1S/C22H32O2/c1-14(13-23)18-6-7-19-17-5-4-15-12-16(24)8-10-21(15,2)20(17)9-11-22(18,19)3/h9,12,14,17-19,23H,4-8,10-11,13H2,1-3H3/t14-,17+,18-,19+,21+,22-/m1/s1. The van der Waals surface area contributed by atoms with Crippen LogP contribution >= 0.6 is 0 Å². The quantitative estimate of drug-likeness (QED) is 0.747. The fourth-order valence-corrected chi connectivity index (χ4v) is 6.96. The Labute approximate surface area is 146 Å². The lowest BCUT2D eigenvalue weighted by Gasteiger charge is -2.54. The van der Waals surface area contributed by atoms with Crippen LogP contribution < -0.4 is 0 Å². The second-order valence-corrected chi connectivity index (χ2v) is 9.43. The average molecular weight is 328 g/mol. The van der Waals surface area contributed by atoms with Gasteiger partial charge in [0.25, 0.3) is 0 Å². The zero-order chi connectivity index (χ0) is 17.1. The smallest absolute Gasteiger partial charge is 0.155 e. The van der Waals surface area contributed by atoms with Crippen LogP contribution in [0, 0.1) is 34.5 Å².